The maximum Gasteiger partial charge on any atom is 0.100 e. The van der Waals surface area contributed by atoms with Gasteiger partial charge in [0.15, 0.2) is 0 Å². The lowest BCUT2D eigenvalue weighted by molar-refractivity contribution is -0.669. The van der Waals surface area contributed by atoms with Crippen molar-refractivity contribution in [1.82, 2.24) is 0 Å². The summed E-state index contributed by atoms with van der Waals surface area (Å²) >= 11 is 5.81. The number of piperidine rings is 1. The van der Waals surface area contributed by atoms with Gasteiger partial charge in [-0.1, -0.05) is 54.1 Å². The number of carbonyl (C=O) groups is 1. The third-order valence-electron chi connectivity index (χ3n) is 3.92. The van der Waals surface area contributed by atoms with Crippen LogP contribution in [-0.4, -0.2) is 24.2 Å². The number of quaternary nitrogens is 1. The van der Waals surface area contributed by atoms with Gasteiger partial charge in [0, 0.05) is 17.9 Å². The molecule has 1 aliphatic rings. The van der Waals surface area contributed by atoms with E-state index in [0.717, 1.165) is 36.5 Å². The molecule has 0 aromatic heterocycles. The standard InChI is InChI=1S/C11H14ClNO.C7H6O2/c12-10-3-1-9(2-4-10)11(14)5-7-13-8-6-11;8-7(9)6-4-2-1-3-5-6/h1-4,13-14H,5-8H2;1-5H,(H,8,9). The van der Waals surface area contributed by atoms with Gasteiger partial charge in [-0.15, -0.1) is 0 Å². The highest BCUT2D eigenvalue weighted by atomic mass is 35.5. The minimum atomic E-state index is -1.13. The number of rotatable bonds is 2. The number of hydrogen-bond acceptors (Lipinski definition) is 3. The number of carbonyl (C=O) groups excluding carboxylic acids is 1. The van der Waals surface area contributed by atoms with E-state index in [4.69, 9.17) is 11.6 Å². The zero-order valence-corrected chi connectivity index (χ0v) is 13.5. The lowest BCUT2D eigenvalue weighted by Crippen LogP contribution is -2.87. The highest BCUT2D eigenvalue weighted by Gasteiger charge is 2.32. The second kappa shape index (κ2) is 8.11. The molecule has 0 amide bonds. The van der Waals surface area contributed by atoms with Gasteiger partial charge in [0.25, 0.3) is 0 Å². The van der Waals surface area contributed by atoms with Gasteiger partial charge in [0.2, 0.25) is 0 Å². The van der Waals surface area contributed by atoms with Crippen molar-refractivity contribution >= 4 is 17.6 Å². The molecule has 1 aliphatic heterocycles. The number of benzene rings is 2. The van der Waals surface area contributed by atoms with E-state index in [1.165, 1.54) is 12.1 Å². The third-order valence-corrected chi connectivity index (χ3v) is 4.17. The molecule has 1 fully saturated rings. The monoisotopic (exact) mass is 333 g/mol. The molecule has 1 heterocycles. The van der Waals surface area contributed by atoms with Crippen LogP contribution < -0.4 is 10.4 Å². The van der Waals surface area contributed by atoms with Gasteiger partial charge < -0.3 is 20.3 Å². The number of carboxylic acid groups (broad SMARTS) is 1. The smallest absolute Gasteiger partial charge is 0.100 e. The fourth-order valence-corrected chi connectivity index (χ4v) is 2.70. The summed E-state index contributed by atoms with van der Waals surface area (Å²) in [7, 11) is 0. The summed E-state index contributed by atoms with van der Waals surface area (Å²) in [6.07, 6.45) is 1.66. The third kappa shape index (κ3) is 5.06. The first kappa shape index (κ1) is 17.5. The Morgan fingerprint density at radius 2 is 1.61 bits per heavy atom. The van der Waals surface area contributed by atoms with Gasteiger partial charge in [0.05, 0.1) is 19.1 Å². The lowest BCUT2D eigenvalue weighted by Gasteiger charge is -2.31. The molecule has 0 radical (unpaired) electrons. The van der Waals surface area contributed by atoms with Crippen molar-refractivity contribution in [3.05, 3.63) is 70.7 Å². The van der Waals surface area contributed by atoms with Gasteiger partial charge in [0.1, 0.15) is 5.60 Å². The molecule has 2 aromatic rings. The van der Waals surface area contributed by atoms with Crippen LogP contribution in [0, 0.1) is 0 Å². The molecule has 0 spiro atoms. The number of hydrogen-bond donors (Lipinski definition) is 2. The molecule has 4 nitrogen and oxygen atoms in total. The van der Waals surface area contributed by atoms with E-state index < -0.39 is 11.6 Å². The Balaban J connectivity index is 0.000000185. The summed E-state index contributed by atoms with van der Waals surface area (Å²) in [5.41, 5.74) is 0.590. The minimum absolute atomic E-state index is 0.220. The first-order chi connectivity index (χ1) is 11.0. The summed E-state index contributed by atoms with van der Waals surface area (Å²) in [4.78, 5) is 10.1. The van der Waals surface area contributed by atoms with E-state index in [9.17, 15) is 15.0 Å². The molecule has 23 heavy (non-hydrogen) atoms. The van der Waals surface area contributed by atoms with E-state index in [1.54, 1.807) is 18.2 Å². The molecule has 0 unspecified atom stereocenters. The summed E-state index contributed by atoms with van der Waals surface area (Å²) < 4.78 is 0. The van der Waals surface area contributed by atoms with Crippen LogP contribution in [0.3, 0.4) is 0 Å². The first-order valence-electron chi connectivity index (χ1n) is 7.58. The predicted octanol–water partition coefficient (Wildman–Crippen LogP) is 0.935. The molecule has 3 rings (SSSR count). The summed E-state index contributed by atoms with van der Waals surface area (Å²) in [6.45, 7) is 2.00. The average Bonchev–Trinajstić information content (AvgIpc) is 2.57. The normalized spacial score (nSPS) is 16.1. The van der Waals surface area contributed by atoms with Crippen molar-refractivity contribution in [2.24, 2.45) is 0 Å². The molecule has 2 aromatic carbocycles. The van der Waals surface area contributed by atoms with E-state index in [2.05, 4.69) is 5.32 Å². The van der Waals surface area contributed by atoms with Crippen molar-refractivity contribution in [3.8, 4) is 0 Å². The predicted molar refractivity (Wildman–Crippen MR) is 87.0 cm³/mol. The van der Waals surface area contributed by atoms with Crippen molar-refractivity contribution in [2.75, 3.05) is 13.1 Å². The van der Waals surface area contributed by atoms with Crippen molar-refractivity contribution in [2.45, 2.75) is 18.4 Å². The molecule has 122 valence electrons. The number of nitrogens with two attached hydrogens (primary N) is 1. The molecule has 0 bridgehead atoms. The highest BCUT2D eigenvalue weighted by Crippen LogP contribution is 2.29. The molecular formula is C18H20ClNO3. The fraction of sp³-hybridized carbons (Fsp3) is 0.278. The first-order valence-corrected chi connectivity index (χ1v) is 7.95. The molecule has 0 saturated carbocycles. The number of halogens is 1. The van der Waals surface area contributed by atoms with E-state index in [0.29, 0.717) is 0 Å². The Morgan fingerprint density at radius 1 is 1.04 bits per heavy atom. The quantitative estimate of drug-likeness (QED) is 0.858. The Hall–Kier alpha value is -1.88. The second-order valence-electron chi connectivity index (χ2n) is 5.56. The van der Waals surface area contributed by atoms with Gasteiger partial charge in [-0.25, -0.2) is 0 Å². The van der Waals surface area contributed by atoms with Crippen LogP contribution in [-0.2, 0) is 5.60 Å². The molecular weight excluding hydrogens is 314 g/mol. The summed E-state index contributed by atoms with van der Waals surface area (Å²) in [6, 6.07) is 15.6. The van der Waals surface area contributed by atoms with E-state index >= 15 is 0 Å². The van der Waals surface area contributed by atoms with Crippen LogP contribution in [0.15, 0.2) is 54.6 Å². The zero-order chi connectivity index (χ0) is 16.7. The van der Waals surface area contributed by atoms with E-state index in [-0.39, 0.29) is 5.56 Å². The number of aromatic carboxylic acids is 1. The molecule has 1 saturated heterocycles. The summed E-state index contributed by atoms with van der Waals surface area (Å²) in [5.74, 6) is -1.13. The van der Waals surface area contributed by atoms with Gasteiger partial charge >= 0.3 is 0 Å². The largest absolute Gasteiger partial charge is 0.545 e. The average molecular weight is 334 g/mol. The van der Waals surface area contributed by atoms with Crippen LogP contribution in [0.5, 0.6) is 0 Å². The lowest BCUT2D eigenvalue weighted by atomic mass is 9.85. The maximum absolute atomic E-state index is 10.4. The Bertz CT molecular complexity index is 622. The minimum Gasteiger partial charge on any atom is -0.545 e. The molecule has 3 N–H and O–H groups in total. The van der Waals surface area contributed by atoms with Gasteiger partial charge in [-0.3, -0.25) is 0 Å². The number of aliphatic hydroxyl groups is 1. The molecule has 0 aliphatic carbocycles. The molecule has 0 atom stereocenters. The van der Waals surface area contributed by atoms with Crippen LogP contribution in [0.25, 0.3) is 0 Å². The van der Waals surface area contributed by atoms with Crippen LogP contribution in [0.1, 0.15) is 28.8 Å². The SMILES string of the molecule is O=C([O-])c1ccccc1.OC1(c2ccc(Cl)cc2)CC[NH2+]CC1. The Labute approximate surface area is 140 Å². The summed E-state index contributed by atoms with van der Waals surface area (Å²) in [5, 5.41) is 23.4. The Kier molecular flexibility index (Phi) is 6.16. The van der Waals surface area contributed by atoms with Gasteiger partial charge in [-0.05, 0) is 23.3 Å². The van der Waals surface area contributed by atoms with E-state index in [1.807, 2.05) is 24.3 Å². The van der Waals surface area contributed by atoms with Crippen LogP contribution in [0.2, 0.25) is 5.02 Å². The van der Waals surface area contributed by atoms with Crippen molar-refractivity contribution in [3.63, 3.8) is 0 Å². The van der Waals surface area contributed by atoms with Gasteiger partial charge in [-0.2, -0.15) is 0 Å². The van der Waals surface area contributed by atoms with Crippen LogP contribution >= 0.6 is 11.6 Å². The second-order valence-corrected chi connectivity index (χ2v) is 5.99. The highest BCUT2D eigenvalue weighted by molar-refractivity contribution is 6.30. The Morgan fingerprint density at radius 3 is 2.09 bits per heavy atom. The molecule has 5 heteroatoms. The van der Waals surface area contributed by atoms with Crippen molar-refractivity contribution in [1.29, 1.82) is 0 Å². The number of carboxylic acids is 1. The topological polar surface area (TPSA) is 77.0 Å². The van der Waals surface area contributed by atoms with Crippen molar-refractivity contribution < 1.29 is 20.3 Å². The fourth-order valence-electron chi connectivity index (χ4n) is 2.57. The maximum atomic E-state index is 10.4. The van der Waals surface area contributed by atoms with Crippen LogP contribution in [0.4, 0.5) is 0 Å². The zero-order valence-electron chi connectivity index (χ0n) is 12.7.